The topological polar surface area (TPSA) is 170 Å². The number of ether oxygens (including phenoxy) is 5. The first-order valence-corrected chi connectivity index (χ1v) is 23.9. The summed E-state index contributed by atoms with van der Waals surface area (Å²) in [6.45, 7) is 17.5. The smallest absolute Gasteiger partial charge is 0.404 e. The molecule has 2 aromatic carbocycles. The van der Waals surface area contributed by atoms with Crippen LogP contribution in [0.5, 0.6) is 11.5 Å². The Bertz CT molecular complexity index is 2460. The summed E-state index contributed by atoms with van der Waals surface area (Å²) in [7, 11) is 8.54. The van der Waals surface area contributed by atoms with E-state index in [4.69, 9.17) is 19.2 Å². The van der Waals surface area contributed by atoms with Crippen LogP contribution in [0.15, 0.2) is 65.7 Å². The number of hydrogen-bond donors (Lipinski definition) is 2. The zero-order valence-electron chi connectivity index (χ0n) is 43.5. The van der Waals surface area contributed by atoms with Crippen LogP contribution in [0.4, 0.5) is 24.7 Å². The number of benzene rings is 2. The molecule has 1 atom stereocenters. The van der Waals surface area contributed by atoms with Gasteiger partial charge in [-0.2, -0.15) is 13.2 Å². The molecule has 0 radical (unpaired) electrons. The number of alkyl halides is 3. The maximum Gasteiger partial charge on any atom is 0.404 e. The van der Waals surface area contributed by atoms with Gasteiger partial charge in [-0.25, -0.2) is 15.0 Å². The number of aldehydes is 1. The molecule has 3 aliphatic rings. The highest BCUT2D eigenvalue weighted by atomic mass is 19.4. The fourth-order valence-electron chi connectivity index (χ4n) is 7.35. The van der Waals surface area contributed by atoms with Crippen molar-refractivity contribution in [1.82, 2.24) is 24.8 Å². The highest BCUT2D eigenvalue weighted by Gasteiger charge is 2.42. The van der Waals surface area contributed by atoms with Crippen LogP contribution in [0.25, 0.3) is 10.9 Å². The minimum absolute atomic E-state index is 0.0945. The molecule has 390 valence electrons. The first-order chi connectivity index (χ1) is 33.8. The number of nitrogens with zero attached hydrogens (tertiary/aromatic N) is 5. The van der Waals surface area contributed by atoms with Crippen LogP contribution in [-0.4, -0.2) is 104 Å². The predicted octanol–water partition coefficient (Wildman–Crippen LogP) is 10.4. The third-order valence-electron chi connectivity index (χ3n) is 11.2. The lowest BCUT2D eigenvalue weighted by atomic mass is 10.0. The van der Waals surface area contributed by atoms with Crippen LogP contribution in [0.1, 0.15) is 124 Å². The van der Waals surface area contributed by atoms with E-state index in [2.05, 4.69) is 52.8 Å². The van der Waals surface area contributed by atoms with Gasteiger partial charge in [-0.1, -0.05) is 32.4 Å². The molecule has 2 fully saturated rings. The van der Waals surface area contributed by atoms with Crippen LogP contribution in [0, 0.1) is 6.92 Å². The van der Waals surface area contributed by atoms with E-state index < -0.39 is 12.2 Å². The average Bonchev–Trinajstić information content (AvgIpc) is 4.09. The second kappa shape index (κ2) is 29.3. The molecule has 2 N–H and O–H groups in total. The number of aromatic amines is 1. The number of methoxy groups -OCH3 is 3. The number of pyridine rings is 2. The van der Waals surface area contributed by atoms with E-state index in [1.54, 1.807) is 39.8 Å². The minimum Gasteiger partial charge on any atom is -0.497 e. The van der Waals surface area contributed by atoms with Crippen LogP contribution < -0.4 is 25.2 Å². The molecule has 1 unspecified atom stereocenters. The van der Waals surface area contributed by atoms with Crippen LogP contribution in [0.3, 0.4) is 0 Å². The summed E-state index contributed by atoms with van der Waals surface area (Å²) in [6.07, 6.45) is 4.13. The number of hydrogen-bond acceptors (Lipinski definition) is 14. The molecule has 5 heterocycles. The highest BCUT2D eigenvalue weighted by Crippen LogP contribution is 2.38. The van der Waals surface area contributed by atoms with E-state index in [0.717, 1.165) is 81.4 Å². The van der Waals surface area contributed by atoms with Gasteiger partial charge < -0.3 is 38.9 Å². The fourth-order valence-corrected chi connectivity index (χ4v) is 7.35. The summed E-state index contributed by atoms with van der Waals surface area (Å²) in [6, 6.07) is 14.4. The van der Waals surface area contributed by atoms with Crippen molar-refractivity contribution < 1.29 is 46.4 Å². The number of carbonyl (C=O) groups is 2. The molecule has 0 amide bonds. The zero-order chi connectivity index (χ0) is 52.7. The first-order valence-electron chi connectivity index (χ1n) is 23.9. The SMILES string of the molecule is CC.CC(C)(C)OC=O.CCOC.CN1CCCCC1C(F)(F)F.COc1ccc(CNc2nc3cc(CN(C)c4ccc(=O)[nH]c4C)ccc3c3c2COC3)c(OC)c1.O=Cc1cnc(C2CC2)nc1. The molecule has 71 heavy (non-hydrogen) atoms. The Kier molecular flexibility index (Phi) is 24.4. The third kappa shape index (κ3) is 19.2. The molecular weight excluding hydrogens is 920 g/mol. The van der Waals surface area contributed by atoms with Crippen LogP contribution in [0.2, 0.25) is 0 Å². The molecule has 15 nitrogen and oxygen atoms in total. The monoisotopic (exact) mass is 994 g/mol. The number of carbonyl (C=O) groups excluding carboxylic acids is 2. The van der Waals surface area contributed by atoms with Gasteiger partial charge in [-0.3, -0.25) is 19.3 Å². The first kappa shape index (κ1) is 59.2. The van der Waals surface area contributed by atoms with Crippen molar-refractivity contribution in [3.8, 4) is 11.5 Å². The summed E-state index contributed by atoms with van der Waals surface area (Å²) in [5.41, 5.74) is 7.32. The Morgan fingerprint density at radius 3 is 2.13 bits per heavy atom. The molecule has 3 aromatic heterocycles. The van der Waals surface area contributed by atoms with Crippen LogP contribution in [-0.2, 0) is 45.3 Å². The standard InChI is InChI=1S/C28H30N4O4.C8H8N2O.C7H12F3N.C5H10O2.C3H8O.C2H6/c1-17-25(9-10-27(33)30-17)32(2)14-18-5-8-21-22-15-36-16-23(22)28(31-24(21)11-18)29-13-19-6-7-20(34-3)12-26(19)35-4;11-5-6-3-9-8(10-4-6)7-1-2-7;1-11-5-3-2-4-6(11)7(8,9)10;1-5(2,3)7-4-6;1-3-4-2;1-2/h5-12H,13-16H2,1-4H3,(H,29,31)(H,30,33);3-5,7H,1-2H2;6H,2-5H2,1H3;4H,1-3H3;3H2,1-2H3;1-2H3. The van der Waals surface area contributed by atoms with E-state index in [0.29, 0.717) is 57.2 Å². The minimum atomic E-state index is -4.03. The van der Waals surface area contributed by atoms with E-state index in [1.165, 1.54) is 30.4 Å². The van der Waals surface area contributed by atoms with Gasteiger partial charge in [0.25, 0.3) is 6.47 Å². The molecule has 5 aromatic rings. The van der Waals surface area contributed by atoms with Crippen LogP contribution >= 0.6 is 0 Å². The highest BCUT2D eigenvalue weighted by molar-refractivity contribution is 5.87. The van der Waals surface area contributed by atoms with Crippen molar-refractivity contribution in [1.29, 1.82) is 0 Å². The number of anilines is 2. The van der Waals surface area contributed by atoms with Gasteiger partial charge in [0, 0.05) is 86.5 Å². The number of piperidine rings is 1. The second-order valence-corrected chi connectivity index (χ2v) is 17.7. The summed E-state index contributed by atoms with van der Waals surface area (Å²) in [5.74, 6) is 3.79. The quantitative estimate of drug-likeness (QED) is 0.113. The Balaban J connectivity index is 0.000000306. The summed E-state index contributed by atoms with van der Waals surface area (Å²) in [5, 5.41) is 4.62. The van der Waals surface area contributed by atoms with Gasteiger partial charge in [-0.15, -0.1) is 0 Å². The van der Waals surface area contributed by atoms with E-state index in [-0.39, 0.29) is 17.6 Å². The number of aromatic nitrogens is 4. The van der Waals surface area contributed by atoms with Gasteiger partial charge in [0.15, 0.2) is 6.29 Å². The Hall–Kier alpha value is -6.11. The molecule has 0 spiro atoms. The second-order valence-electron chi connectivity index (χ2n) is 17.7. The molecule has 1 saturated heterocycles. The summed E-state index contributed by atoms with van der Waals surface area (Å²) in [4.78, 5) is 50.9. The van der Waals surface area contributed by atoms with Gasteiger partial charge in [-0.05, 0) is 109 Å². The number of rotatable bonds is 12. The number of halogens is 3. The van der Waals surface area contributed by atoms with E-state index in [9.17, 15) is 27.6 Å². The maximum atomic E-state index is 12.2. The van der Waals surface area contributed by atoms with Gasteiger partial charge in [0.05, 0.1) is 44.2 Å². The normalized spacial score (nSPS) is 14.9. The number of aryl methyl sites for hydroxylation is 1. The largest absolute Gasteiger partial charge is 0.497 e. The lowest BCUT2D eigenvalue weighted by molar-refractivity contribution is -0.187. The fraction of sp³-hybridized carbons (Fsp3) is 0.509. The number of H-pyrrole nitrogens is 1. The lowest BCUT2D eigenvalue weighted by Crippen LogP contribution is -2.46. The summed E-state index contributed by atoms with van der Waals surface area (Å²) >= 11 is 0. The van der Waals surface area contributed by atoms with E-state index in [1.807, 2.05) is 79.8 Å². The van der Waals surface area contributed by atoms with Crippen molar-refractivity contribution >= 4 is 35.2 Å². The predicted molar refractivity (Wildman–Crippen MR) is 273 cm³/mol. The molecule has 2 aliphatic heterocycles. The molecular formula is C53H74F3N7O8. The maximum absolute atomic E-state index is 12.2. The van der Waals surface area contributed by atoms with Crippen molar-refractivity contribution in [2.45, 2.75) is 131 Å². The average molecular weight is 994 g/mol. The van der Waals surface area contributed by atoms with Crippen molar-refractivity contribution in [2.75, 3.05) is 58.8 Å². The Morgan fingerprint density at radius 1 is 0.930 bits per heavy atom. The van der Waals surface area contributed by atoms with Crippen molar-refractivity contribution in [2.24, 2.45) is 0 Å². The molecule has 8 rings (SSSR count). The molecule has 0 bridgehead atoms. The molecule has 18 heteroatoms. The number of fused-ring (bicyclic) bond motifs is 3. The molecule has 1 saturated carbocycles. The zero-order valence-corrected chi connectivity index (χ0v) is 43.5. The van der Waals surface area contributed by atoms with Gasteiger partial charge in [0.2, 0.25) is 5.56 Å². The van der Waals surface area contributed by atoms with Gasteiger partial charge in [0.1, 0.15) is 34.8 Å². The molecule has 1 aliphatic carbocycles. The Morgan fingerprint density at radius 2 is 1.61 bits per heavy atom. The van der Waals surface area contributed by atoms with E-state index >= 15 is 0 Å². The lowest BCUT2D eigenvalue weighted by Gasteiger charge is -2.33. The third-order valence-corrected chi connectivity index (χ3v) is 11.2. The Labute approximate surface area is 416 Å². The van der Waals surface area contributed by atoms with Crippen molar-refractivity contribution in [3.63, 3.8) is 0 Å². The van der Waals surface area contributed by atoms with Gasteiger partial charge >= 0.3 is 6.18 Å². The number of nitrogens with one attached hydrogen (secondary N) is 2. The number of likely N-dealkylation sites (tertiary alicyclic amines) is 1. The summed E-state index contributed by atoms with van der Waals surface area (Å²) < 4.78 is 62.2. The van der Waals surface area contributed by atoms with Crippen molar-refractivity contribution in [3.05, 3.63) is 111 Å².